The maximum Gasteiger partial charge on any atom is 0.317 e. The van der Waals surface area contributed by atoms with Gasteiger partial charge in [0.2, 0.25) is 0 Å². The Labute approximate surface area is 170 Å². The van der Waals surface area contributed by atoms with E-state index < -0.39 is 0 Å². The molecule has 0 saturated carbocycles. The van der Waals surface area contributed by atoms with Crippen molar-refractivity contribution in [1.29, 1.82) is 0 Å². The summed E-state index contributed by atoms with van der Waals surface area (Å²) in [6.45, 7) is 8.75. The molecule has 29 heavy (non-hydrogen) atoms. The number of nitrogens with one attached hydrogen (secondary N) is 1. The molecule has 1 N–H and O–H groups in total. The van der Waals surface area contributed by atoms with E-state index in [0.29, 0.717) is 18.9 Å². The van der Waals surface area contributed by atoms with Gasteiger partial charge in [0.15, 0.2) is 5.82 Å². The van der Waals surface area contributed by atoms with Crippen LogP contribution in [0, 0.1) is 0 Å². The second-order valence-electron chi connectivity index (χ2n) is 8.28. The Morgan fingerprint density at radius 1 is 1.00 bits per heavy atom. The molecule has 0 bridgehead atoms. The molecular weight excluding hydrogens is 364 g/mol. The summed E-state index contributed by atoms with van der Waals surface area (Å²) in [5.41, 5.74) is 1.56. The second-order valence-corrected chi connectivity index (χ2v) is 8.28. The number of urea groups is 1. The largest absolute Gasteiger partial charge is 0.352 e. The van der Waals surface area contributed by atoms with Crippen LogP contribution in [0.3, 0.4) is 0 Å². The second kappa shape index (κ2) is 7.66. The number of carbonyl (C=O) groups is 1. The third-order valence-corrected chi connectivity index (χ3v) is 4.85. The van der Waals surface area contributed by atoms with Gasteiger partial charge in [-0.1, -0.05) is 12.1 Å². The average molecular weight is 390 g/mol. The average Bonchev–Trinajstić information content (AvgIpc) is 2.72. The molecule has 0 aliphatic carbocycles. The molecule has 0 atom stereocenters. The first-order chi connectivity index (χ1) is 13.9. The molecular formula is C22H26N6O. The highest BCUT2D eigenvalue weighted by molar-refractivity contribution is 5.91. The summed E-state index contributed by atoms with van der Waals surface area (Å²) in [5, 5.41) is 4.06. The van der Waals surface area contributed by atoms with Crippen molar-refractivity contribution < 1.29 is 4.79 Å². The number of pyridine rings is 1. The monoisotopic (exact) mass is 390 g/mol. The number of benzene rings is 1. The highest BCUT2D eigenvalue weighted by Crippen LogP contribution is 2.28. The predicted octanol–water partition coefficient (Wildman–Crippen LogP) is 3.32. The fraction of sp³-hybridized carbons (Fsp3) is 0.364. The Morgan fingerprint density at radius 3 is 2.45 bits per heavy atom. The van der Waals surface area contributed by atoms with Crippen LogP contribution in [0.2, 0.25) is 0 Å². The first kappa shape index (κ1) is 19.1. The molecule has 3 aromatic rings. The lowest BCUT2D eigenvalue weighted by atomic mass is 10.1. The maximum absolute atomic E-state index is 12.5. The van der Waals surface area contributed by atoms with Crippen LogP contribution >= 0.6 is 0 Å². The maximum atomic E-state index is 12.5. The van der Waals surface area contributed by atoms with Crippen LogP contribution in [0.4, 0.5) is 10.6 Å². The third-order valence-electron chi connectivity index (χ3n) is 4.85. The molecule has 7 nitrogen and oxygen atoms in total. The Kier molecular flexibility index (Phi) is 5.05. The van der Waals surface area contributed by atoms with E-state index in [9.17, 15) is 4.79 Å². The Balaban J connectivity index is 1.60. The summed E-state index contributed by atoms with van der Waals surface area (Å²) < 4.78 is 0. The van der Waals surface area contributed by atoms with Crippen molar-refractivity contribution in [3.63, 3.8) is 0 Å². The fourth-order valence-electron chi connectivity index (χ4n) is 3.45. The number of hydrogen-bond donors (Lipinski definition) is 1. The molecule has 0 radical (unpaired) electrons. The van der Waals surface area contributed by atoms with Gasteiger partial charge >= 0.3 is 6.03 Å². The first-order valence-electron chi connectivity index (χ1n) is 9.90. The van der Waals surface area contributed by atoms with Gasteiger partial charge in [-0.15, -0.1) is 0 Å². The zero-order chi connectivity index (χ0) is 20.4. The summed E-state index contributed by atoms with van der Waals surface area (Å²) in [6.07, 6.45) is 3.52. The zero-order valence-electron chi connectivity index (χ0n) is 17.1. The molecule has 1 fully saturated rings. The number of hydrogen-bond acceptors (Lipinski definition) is 5. The van der Waals surface area contributed by atoms with Crippen molar-refractivity contribution in [1.82, 2.24) is 25.2 Å². The van der Waals surface area contributed by atoms with Crippen LogP contribution in [0.15, 0.2) is 48.8 Å². The quantitative estimate of drug-likeness (QED) is 0.727. The third kappa shape index (κ3) is 4.29. The Hall–Kier alpha value is -3.22. The van der Waals surface area contributed by atoms with Crippen LogP contribution in [0.5, 0.6) is 0 Å². The van der Waals surface area contributed by atoms with Crippen LogP contribution < -0.4 is 10.2 Å². The van der Waals surface area contributed by atoms with Crippen molar-refractivity contribution in [2.24, 2.45) is 0 Å². The van der Waals surface area contributed by atoms with E-state index in [4.69, 9.17) is 9.97 Å². The molecule has 2 aromatic heterocycles. The highest BCUT2D eigenvalue weighted by atomic mass is 16.2. The van der Waals surface area contributed by atoms with Gasteiger partial charge in [-0.2, -0.15) is 0 Å². The minimum absolute atomic E-state index is 0.0132. The number of fused-ring (bicyclic) bond motifs is 1. The fourth-order valence-corrected chi connectivity index (χ4v) is 3.45. The molecule has 1 aliphatic rings. The Bertz CT molecular complexity index is 1010. The van der Waals surface area contributed by atoms with Gasteiger partial charge in [0, 0.05) is 55.1 Å². The lowest BCUT2D eigenvalue weighted by Crippen LogP contribution is -2.55. The summed E-state index contributed by atoms with van der Waals surface area (Å²) in [6, 6.07) is 11.9. The van der Waals surface area contributed by atoms with E-state index in [-0.39, 0.29) is 11.6 Å². The van der Waals surface area contributed by atoms with Crippen LogP contribution in [0.25, 0.3) is 22.3 Å². The highest BCUT2D eigenvalue weighted by Gasteiger charge is 2.26. The number of anilines is 1. The molecule has 7 heteroatoms. The normalized spacial score (nSPS) is 14.9. The molecule has 1 saturated heterocycles. The van der Waals surface area contributed by atoms with E-state index in [1.807, 2.05) is 56.0 Å². The molecule has 3 heterocycles. The van der Waals surface area contributed by atoms with Gasteiger partial charge in [-0.25, -0.2) is 14.8 Å². The minimum atomic E-state index is -0.240. The molecule has 150 valence electrons. The van der Waals surface area contributed by atoms with E-state index in [1.54, 1.807) is 12.4 Å². The zero-order valence-corrected chi connectivity index (χ0v) is 17.1. The molecule has 0 unspecified atom stereocenters. The first-order valence-corrected chi connectivity index (χ1v) is 9.90. The molecule has 0 spiro atoms. The van der Waals surface area contributed by atoms with Crippen LogP contribution in [-0.2, 0) is 0 Å². The Morgan fingerprint density at radius 2 is 1.76 bits per heavy atom. The topological polar surface area (TPSA) is 74.2 Å². The van der Waals surface area contributed by atoms with E-state index in [0.717, 1.165) is 35.4 Å². The number of carbonyl (C=O) groups excluding carboxylic acids is 1. The van der Waals surface area contributed by atoms with Gasteiger partial charge in [0.05, 0.1) is 5.52 Å². The lowest BCUT2D eigenvalue weighted by Gasteiger charge is -2.37. The van der Waals surface area contributed by atoms with Gasteiger partial charge < -0.3 is 15.1 Å². The summed E-state index contributed by atoms with van der Waals surface area (Å²) in [7, 11) is 0. The number of nitrogens with zero attached hydrogens (tertiary/aromatic N) is 5. The van der Waals surface area contributed by atoms with Gasteiger partial charge in [-0.3, -0.25) is 4.98 Å². The summed E-state index contributed by atoms with van der Waals surface area (Å²) in [5.74, 6) is 1.57. The summed E-state index contributed by atoms with van der Waals surface area (Å²) in [4.78, 5) is 30.4. The number of piperazine rings is 1. The minimum Gasteiger partial charge on any atom is -0.352 e. The molecule has 1 aromatic carbocycles. The molecule has 1 aliphatic heterocycles. The smallest absolute Gasteiger partial charge is 0.317 e. The van der Waals surface area contributed by atoms with Gasteiger partial charge in [0.1, 0.15) is 5.82 Å². The number of amides is 2. The van der Waals surface area contributed by atoms with E-state index >= 15 is 0 Å². The van der Waals surface area contributed by atoms with Gasteiger partial charge in [0.25, 0.3) is 0 Å². The summed E-state index contributed by atoms with van der Waals surface area (Å²) >= 11 is 0. The lowest BCUT2D eigenvalue weighted by molar-refractivity contribution is 0.185. The van der Waals surface area contributed by atoms with Crippen molar-refractivity contribution in [3.05, 3.63) is 48.8 Å². The predicted molar refractivity (Wildman–Crippen MR) is 115 cm³/mol. The van der Waals surface area contributed by atoms with Crippen molar-refractivity contribution >= 4 is 22.8 Å². The molecule has 2 amide bonds. The van der Waals surface area contributed by atoms with Gasteiger partial charge in [-0.05, 0) is 45.0 Å². The van der Waals surface area contributed by atoms with Crippen molar-refractivity contribution in [2.75, 3.05) is 31.1 Å². The number of para-hydroxylation sites is 1. The van der Waals surface area contributed by atoms with Crippen LogP contribution in [-0.4, -0.2) is 57.6 Å². The standard InChI is InChI=1S/C22H26N6O/c1-22(2,3)26-21(29)28-13-11-27(12-14-28)20-17-8-4-5-9-18(17)24-19(25-20)16-7-6-10-23-15-16/h4-10,15H,11-14H2,1-3H3,(H,26,29). The van der Waals surface area contributed by atoms with E-state index in [2.05, 4.69) is 21.3 Å². The van der Waals surface area contributed by atoms with E-state index in [1.165, 1.54) is 0 Å². The number of aromatic nitrogens is 3. The number of rotatable bonds is 2. The SMILES string of the molecule is CC(C)(C)NC(=O)N1CCN(c2nc(-c3cccnc3)nc3ccccc23)CC1. The van der Waals surface area contributed by atoms with Crippen molar-refractivity contribution in [3.8, 4) is 11.4 Å². The van der Waals surface area contributed by atoms with Crippen LogP contribution in [0.1, 0.15) is 20.8 Å². The molecule has 4 rings (SSSR count). The van der Waals surface area contributed by atoms with Crippen molar-refractivity contribution in [2.45, 2.75) is 26.3 Å².